The van der Waals surface area contributed by atoms with Crippen LogP contribution in [0.5, 0.6) is 17.2 Å². The van der Waals surface area contributed by atoms with Crippen LogP contribution in [0.15, 0.2) is 40.4 Å². The zero-order valence-corrected chi connectivity index (χ0v) is 13.3. The molecule has 4 nitrogen and oxygen atoms in total. The number of Topliss-reactive ketones (excluding diaryl/α,β-unsaturated/α-hetero) is 1. The second kappa shape index (κ2) is 5.50. The standard InChI is InChI=1S/C17H13BrO4/c1-22-16-7-9(13(18)8-15(16)20)5-10-6-12-11(17(10)21)3-2-4-14(12)19/h2-5,7-8,19-20H,6H2,1H3. The molecule has 0 saturated carbocycles. The van der Waals surface area contributed by atoms with Crippen molar-refractivity contribution in [2.24, 2.45) is 0 Å². The lowest BCUT2D eigenvalue weighted by atomic mass is 10.1. The number of carbonyl (C=O) groups is 1. The third-order valence-electron chi connectivity index (χ3n) is 3.68. The maximum Gasteiger partial charge on any atom is 0.189 e. The lowest BCUT2D eigenvalue weighted by Gasteiger charge is -2.07. The molecule has 0 atom stereocenters. The highest BCUT2D eigenvalue weighted by molar-refractivity contribution is 9.10. The van der Waals surface area contributed by atoms with Gasteiger partial charge in [-0.15, -0.1) is 0 Å². The minimum Gasteiger partial charge on any atom is -0.508 e. The largest absolute Gasteiger partial charge is 0.508 e. The number of halogens is 1. The van der Waals surface area contributed by atoms with E-state index in [-0.39, 0.29) is 17.3 Å². The Balaban J connectivity index is 2.05. The molecule has 0 spiro atoms. The molecule has 112 valence electrons. The number of fused-ring (bicyclic) bond motifs is 1. The number of ketones is 1. The first-order valence-corrected chi connectivity index (χ1v) is 7.43. The molecule has 2 N–H and O–H groups in total. The number of rotatable bonds is 2. The van der Waals surface area contributed by atoms with Crippen molar-refractivity contribution in [3.05, 3.63) is 57.1 Å². The Labute approximate surface area is 135 Å². The number of carbonyl (C=O) groups excluding carboxylic acids is 1. The second-order valence-corrected chi connectivity index (χ2v) is 5.88. The van der Waals surface area contributed by atoms with Crippen LogP contribution in [0.4, 0.5) is 0 Å². The Morgan fingerprint density at radius 2 is 2.00 bits per heavy atom. The van der Waals surface area contributed by atoms with E-state index in [0.29, 0.717) is 33.3 Å². The summed E-state index contributed by atoms with van der Waals surface area (Å²) in [6.45, 7) is 0. The van der Waals surface area contributed by atoms with E-state index in [9.17, 15) is 15.0 Å². The minimum absolute atomic E-state index is 0.0233. The van der Waals surface area contributed by atoms with Crippen LogP contribution in [0.1, 0.15) is 21.5 Å². The molecule has 1 aliphatic carbocycles. The van der Waals surface area contributed by atoms with Crippen molar-refractivity contribution in [2.45, 2.75) is 6.42 Å². The molecular weight excluding hydrogens is 348 g/mol. The Morgan fingerprint density at radius 3 is 2.68 bits per heavy atom. The van der Waals surface area contributed by atoms with Gasteiger partial charge in [0.05, 0.1) is 7.11 Å². The number of ether oxygens (including phenoxy) is 1. The van der Waals surface area contributed by atoms with Crippen molar-refractivity contribution < 1.29 is 19.7 Å². The third-order valence-corrected chi connectivity index (χ3v) is 4.37. The number of allylic oxidation sites excluding steroid dienone is 1. The van der Waals surface area contributed by atoms with Gasteiger partial charge in [0.25, 0.3) is 0 Å². The highest BCUT2D eigenvalue weighted by Crippen LogP contribution is 2.37. The van der Waals surface area contributed by atoms with Crippen molar-refractivity contribution in [3.63, 3.8) is 0 Å². The monoisotopic (exact) mass is 360 g/mol. The molecular formula is C17H13BrO4. The summed E-state index contributed by atoms with van der Waals surface area (Å²) in [7, 11) is 1.47. The van der Waals surface area contributed by atoms with E-state index in [2.05, 4.69) is 15.9 Å². The van der Waals surface area contributed by atoms with Crippen molar-refractivity contribution >= 4 is 27.8 Å². The zero-order valence-electron chi connectivity index (χ0n) is 11.8. The van der Waals surface area contributed by atoms with Gasteiger partial charge in [0.1, 0.15) is 5.75 Å². The van der Waals surface area contributed by atoms with Gasteiger partial charge >= 0.3 is 0 Å². The van der Waals surface area contributed by atoms with Crippen molar-refractivity contribution in [1.82, 2.24) is 0 Å². The van der Waals surface area contributed by atoms with Gasteiger partial charge in [0.2, 0.25) is 0 Å². The van der Waals surface area contributed by atoms with E-state index < -0.39 is 0 Å². The van der Waals surface area contributed by atoms with Crippen molar-refractivity contribution in [3.8, 4) is 17.2 Å². The van der Waals surface area contributed by atoms with Crippen LogP contribution >= 0.6 is 15.9 Å². The molecule has 5 heteroatoms. The predicted molar refractivity (Wildman–Crippen MR) is 86.5 cm³/mol. The van der Waals surface area contributed by atoms with E-state index in [0.717, 1.165) is 5.56 Å². The molecule has 0 aromatic heterocycles. The summed E-state index contributed by atoms with van der Waals surface area (Å²) in [5, 5.41) is 19.6. The Bertz CT molecular complexity index is 809. The SMILES string of the molecule is COc1cc(C=C2Cc3c(O)cccc3C2=O)c(Br)cc1O. The van der Waals surface area contributed by atoms with E-state index in [1.54, 1.807) is 30.3 Å². The minimum atomic E-state index is -0.0927. The molecule has 2 aromatic rings. The van der Waals surface area contributed by atoms with Crippen molar-refractivity contribution in [2.75, 3.05) is 7.11 Å². The highest BCUT2D eigenvalue weighted by Gasteiger charge is 2.27. The fourth-order valence-electron chi connectivity index (χ4n) is 2.55. The maximum absolute atomic E-state index is 12.4. The first-order chi connectivity index (χ1) is 10.5. The molecule has 22 heavy (non-hydrogen) atoms. The molecule has 0 bridgehead atoms. The molecule has 0 amide bonds. The Morgan fingerprint density at radius 1 is 1.23 bits per heavy atom. The molecule has 0 saturated heterocycles. The number of hydrogen-bond acceptors (Lipinski definition) is 4. The van der Waals surface area contributed by atoms with Gasteiger partial charge in [-0.25, -0.2) is 0 Å². The van der Waals surface area contributed by atoms with Gasteiger partial charge < -0.3 is 14.9 Å². The molecule has 0 radical (unpaired) electrons. The van der Waals surface area contributed by atoms with Gasteiger partial charge in [0.15, 0.2) is 17.3 Å². The summed E-state index contributed by atoms with van der Waals surface area (Å²) < 4.78 is 5.75. The predicted octanol–water partition coefficient (Wildman–Crippen LogP) is 3.69. The van der Waals surface area contributed by atoms with E-state index in [4.69, 9.17) is 4.74 Å². The Hall–Kier alpha value is -2.27. The van der Waals surface area contributed by atoms with Gasteiger partial charge in [-0.2, -0.15) is 0 Å². The van der Waals surface area contributed by atoms with Crippen LogP contribution < -0.4 is 4.74 Å². The molecule has 1 aliphatic rings. The van der Waals surface area contributed by atoms with Crippen LogP contribution in [0.25, 0.3) is 6.08 Å². The van der Waals surface area contributed by atoms with Gasteiger partial charge in [-0.05, 0) is 29.8 Å². The summed E-state index contributed by atoms with van der Waals surface area (Å²) in [5.41, 5.74) is 2.50. The third kappa shape index (κ3) is 2.37. The molecule has 0 aliphatic heterocycles. The van der Waals surface area contributed by atoms with E-state index >= 15 is 0 Å². The fourth-order valence-corrected chi connectivity index (χ4v) is 3.00. The molecule has 0 heterocycles. The quantitative estimate of drug-likeness (QED) is 0.801. The first kappa shape index (κ1) is 14.7. The molecule has 0 unspecified atom stereocenters. The van der Waals surface area contributed by atoms with Crippen LogP contribution in [0, 0.1) is 0 Å². The van der Waals surface area contributed by atoms with E-state index in [1.165, 1.54) is 13.2 Å². The highest BCUT2D eigenvalue weighted by atomic mass is 79.9. The topological polar surface area (TPSA) is 66.8 Å². The summed E-state index contributed by atoms with van der Waals surface area (Å²) in [6.07, 6.45) is 2.13. The van der Waals surface area contributed by atoms with Gasteiger partial charge in [-0.3, -0.25) is 4.79 Å². The normalized spacial score (nSPS) is 15.2. The average Bonchev–Trinajstić information content (AvgIpc) is 2.80. The number of hydrogen-bond donors (Lipinski definition) is 2. The number of methoxy groups -OCH3 is 1. The van der Waals surface area contributed by atoms with Crippen molar-refractivity contribution in [1.29, 1.82) is 0 Å². The summed E-state index contributed by atoms with van der Waals surface area (Å²) in [6, 6.07) is 8.13. The lowest BCUT2D eigenvalue weighted by Crippen LogP contribution is -1.95. The number of aromatic hydroxyl groups is 2. The van der Waals surface area contributed by atoms with E-state index in [1.807, 2.05) is 0 Å². The molecule has 0 fully saturated rings. The van der Waals surface area contributed by atoms with Crippen LogP contribution in [-0.4, -0.2) is 23.1 Å². The summed E-state index contributed by atoms with van der Waals surface area (Å²) in [4.78, 5) is 12.4. The summed E-state index contributed by atoms with van der Waals surface area (Å²) in [5.74, 6) is 0.400. The van der Waals surface area contributed by atoms with Gasteiger partial charge in [0, 0.05) is 27.6 Å². The van der Waals surface area contributed by atoms with Gasteiger partial charge in [-0.1, -0.05) is 28.1 Å². The van der Waals surface area contributed by atoms with Crippen LogP contribution in [0.2, 0.25) is 0 Å². The second-order valence-electron chi connectivity index (χ2n) is 5.02. The number of phenolic OH excluding ortho intramolecular Hbond substituents is 2. The average molecular weight is 361 g/mol. The first-order valence-electron chi connectivity index (χ1n) is 6.64. The maximum atomic E-state index is 12.4. The molecule has 2 aromatic carbocycles. The van der Waals surface area contributed by atoms with Crippen LogP contribution in [0.3, 0.4) is 0 Å². The number of phenols is 2. The lowest BCUT2D eigenvalue weighted by molar-refractivity contribution is 0.104. The Kier molecular flexibility index (Phi) is 3.66. The van der Waals surface area contributed by atoms with Crippen LogP contribution in [-0.2, 0) is 6.42 Å². The number of benzene rings is 2. The zero-order chi connectivity index (χ0) is 15.9. The molecule has 3 rings (SSSR count). The fraction of sp³-hybridized carbons (Fsp3) is 0.118. The summed E-state index contributed by atoms with van der Waals surface area (Å²) >= 11 is 3.37. The smallest absolute Gasteiger partial charge is 0.189 e.